The van der Waals surface area contributed by atoms with E-state index in [0.717, 1.165) is 28.8 Å². The van der Waals surface area contributed by atoms with Gasteiger partial charge in [-0.1, -0.05) is 54.4 Å². The normalized spacial score (nSPS) is 24.7. The van der Waals surface area contributed by atoms with Crippen LogP contribution in [0.4, 0.5) is 4.39 Å². The van der Waals surface area contributed by atoms with Crippen molar-refractivity contribution in [3.05, 3.63) is 69.2 Å². The third-order valence-corrected chi connectivity index (χ3v) is 5.72. The molecule has 1 saturated heterocycles. The number of halogens is 3. The monoisotopic (exact) mass is 376 g/mol. The van der Waals surface area contributed by atoms with Gasteiger partial charge in [0.05, 0.1) is 0 Å². The van der Waals surface area contributed by atoms with Crippen molar-refractivity contribution in [1.29, 1.82) is 0 Å². The molecule has 2 aliphatic heterocycles. The van der Waals surface area contributed by atoms with E-state index in [9.17, 15) is 4.39 Å². The molecule has 0 aromatic heterocycles. The molecule has 0 saturated carbocycles. The Hall–Kier alpha value is -1.42. The third kappa shape index (κ3) is 3.10. The average Bonchev–Trinajstić information content (AvgIpc) is 2.96. The minimum atomic E-state index is -1.22. The van der Waals surface area contributed by atoms with Crippen LogP contribution in [0.5, 0.6) is 0 Å². The molecule has 25 heavy (non-hydrogen) atoms. The van der Waals surface area contributed by atoms with E-state index < -0.39 is 5.67 Å². The Balaban J connectivity index is 1.55. The fourth-order valence-electron chi connectivity index (χ4n) is 3.55. The number of nitrogens with zero attached hydrogens (tertiary/aromatic N) is 1. The van der Waals surface area contributed by atoms with Crippen LogP contribution in [0.15, 0.2) is 47.5 Å². The summed E-state index contributed by atoms with van der Waals surface area (Å²) in [4.78, 5) is 4.75. The Morgan fingerprint density at radius 1 is 1.00 bits per heavy atom. The summed E-state index contributed by atoms with van der Waals surface area (Å²) in [6.45, 7) is 3.65. The lowest BCUT2D eigenvalue weighted by molar-refractivity contribution is 0.0891. The number of rotatable bonds is 3. The zero-order chi connectivity index (χ0) is 17.7. The van der Waals surface area contributed by atoms with Gasteiger partial charge in [-0.05, 0) is 34.9 Å². The molecule has 0 spiro atoms. The average molecular weight is 377 g/mol. The fourth-order valence-corrected chi connectivity index (χ4v) is 4.08. The van der Waals surface area contributed by atoms with E-state index in [1.807, 2.05) is 36.4 Å². The molecule has 2 nitrogen and oxygen atoms in total. The van der Waals surface area contributed by atoms with Crippen LogP contribution in [0.1, 0.15) is 30.0 Å². The van der Waals surface area contributed by atoms with Crippen LogP contribution in [0.3, 0.4) is 0 Å². The van der Waals surface area contributed by atoms with Crippen molar-refractivity contribution in [1.82, 2.24) is 5.32 Å². The van der Waals surface area contributed by atoms with Gasteiger partial charge >= 0.3 is 0 Å². The zero-order valence-corrected chi connectivity index (χ0v) is 15.5. The van der Waals surface area contributed by atoms with Gasteiger partial charge < -0.3 is 5.32 Å². The fraction of sp³-hybridized carbons (Fsp3) is 0.350. The van der Waals surface area contributed by atoms with Gasteiger partial charge in [0, 0.05) is 47.2 Å². The number of benzene rings is 2. The van der Waals surface area contributed by atoms with Crippen molar-refractivity contribution in [2.75, 3.05) is 19.6 Å². The SMILES string of the molecule is CC1(c2cc(Cl)cc(Cl)c2)CN=C(c2ccc(C3(F)CNC3)cc2)C1. The second-order valence-electron chi connectivity index (χ2n) is 7.30. The molecule has 1 atom stereocenters. The molecule has 2 aromatic carbocycles. The van der Waals surface area contributed by atoms with Crippen LogP contribution in [-0.2, 0) is 11.1 Å². The standard InChI is InChI=1S/C20H19Cl2FN2/c1-19(15-6-16(21)8-17(22)7-15)9-18(25-10-19)13-2-4-14(5-3-13)20(23)11-24-12-20/h2-8,24H,9-12H2,1H3. The predicted octanol–water partition coefficient (Wildman–Crippen LogP) is 4.91. The van der Waals surface area contributed by atoms with Gasteiger partial charge in [-0.25, -0.2) is 4.39 Å². The quantitative estimate of drug-likeness (QED) is 0.808. The van der Waals surface area contributed by atoms with Crippen molar-refractivity contribution < 1.29 is 4.39 Å². The third-order valence-electron chi connectivity index (χ3n) is 5.28. The summed E-state index contributed by atoms with van der Waals surface area (Å²) in [5, 5.41) is 4.27. The first-order valence-electron chi connectivity index (χ1n) is 8.39. The van der Waals surface area contributed by atoms with E-state index in [-0.39, 0.29) is 5.41 Å². The summed E-state index contributed by atoms with van der Waals surface area (Å²) in [5.74, 6) is 0. The van der Waals surface area contributed by atoms with Crippen LogP contribution >= 0.6 is 23.2 Å². The molecule has 1 unspecified atom stereocenters. The maximum atomic E-state index is 14.4. The summed E-state index contributed by atoms with van der Waals surface area (Å²) in [5.41, 5.74) is 2.59. The number of aliphatic imine (C=N–C) groups is 1. The first kappa shape index (κ1) is 17.0. The van der Waals surface area contributed by atoms with Gasteiger partial charge in [0.2, 0.25) is 0 Å². The first-order valence-corrected chi connectivity index (χ1v) is 9.14. The Labute approximate surface area is 157 Å². The van der Waals surface area contributed by atoms with Crippen LogP contribution < -0.4 is 5.32 Å². The van der Waals surface area contributed by atoms with Gasteiger partial charge in [-0.2, -0.15) is 0 Å². The maximum absolute atomic E-state index is 14.4. The summed E-state index contributed by atoms with van der Waals surface area (Å²) < 4.78 is 14.4. The Morgan fingerprint density at radius 3 is 2.20 bits per heavy atom. The van der Waals surface area contributed by atoms with Crippen LogP contribution in [0.2, 0.25) is 10.0 Å². The second-order valence-corrected chi connectivity index (χ2v) is 8.18. The molecule has 0 amide bonds. The van der Waals surface area contributed by atoms with Crippen LogP contribution in [0, 0.1) is 0 Å². The van der Waals surface area contributed by atoms with E-state index >= 15 is 0 Å². The highest BCUT2D eigenvalue weighted by atomic mass is 35.5. The minimum Gasteiger partial charge on any atom is -0.310 e. The highest BCUT2D eigenvalue weighted by Crippen LogP contribution is 2.37. The second kappa shape index (κ2) is 6.08. The molecule has 0 radical (unpaired) electrons. The molecular formula is C20H19Cl2FN2. The van der Waals surface area contributed by atoms with E-state index in [1.165, 1.54) is 0 Å². The topological polar surface area (TPSA) is 24.4 Å². The number of hydrogen-bond donors (Lipinski definition) is 1. The zero-order valence-electron chi connectivity index (χ0n) is 14.0. The molecule has 5 heteroatoms. The molecular weight excluding hydrogens is 358 g/mol. The summed E-state index contributed by atoms with van der Waals surface area (Å²) in [6.07, 6.45) is 0.811. The van der Waals surface area contributed by atoms with Gasteiger partial charge in [0.1, 0.15) is 0 Å². The van der Waals surface area contributed by atoms with Crippen LogP contribution in [-0.4, -0.2) is 25.3 Å². The lowest BCUT2D eigenvalue weighted by Gasteiger charge is -2.35. The van der Waals surface area contributed by atoms with Gasteiger partial charge in [-0.3, -0.25) is 4.99 Å². The van der Waals surface area contributed by atoms with E-state index in [0.29, 0.717) is 29.7 Å². The molecule has 1 N–H and O–H groups in total. The molecule has 2 heterocycles. The number of alkyl halides is 1. The summed E-state index contributed by atoms with van der Waals surface area (Å²) >= 11 is 12.3. The Morgan fingerprint density at radius 2 is 1.64 bits per heavy atom. The highest BCUT2D eigenvalue weighted by Gasteiger charge is 2.39. The molecule has 130 valence electrons. The van der Waals surface area contributed by atoms with Gasteiger partial charge in [-0.15, -0.1) is 0 Å². The van der Waals surface area contributed by atoms with E-state index in [2.05, 4.69) is 12.2 Å². The van der Waals surface area contributed by atoms with Gasteiger partial charge in [0.25, 0.3) is 0 Å². The van der Waals surface area contributed by atoms with Crippen LogP contribution in [0.25, 0.3) is 0 Å². The molecule has 2 aromatic rings. The molecule has 1 fully saturated rings. The van der Waals surface area contributed by atoms with Crippen molar-refractivity contribution in [3.8, 4) is 0 Å². The van der Waals surface area contributed by atoms with Crippen molar-refractivity contribution in [2.24, 2.45) is 4.99 Å². The Kier molecular flexibility index (Phi) is 4.14. The van der Waals surface area contributed by atoms with Crippen molar-refractivity contribution in [3.63, 3.8) is 0 Å². The van der Waals surface area contributed by atoms with E-state index in [1.54, 1.807) is 6.07 Å². The summed E-state index contributed by atoms with van der Waals surface area (Å²) in [6, 6.07) is 13.4. The predicted molar refractivity (Wildman–Crippen MR) is 102 cm³/mol. The number of hydrogen-bond acceptors (Lipinski definition) is 2. The molecule has 4 rings (SSSR count). The smallest absolute Gasteiger partial charge is 0.160 e. The van der Waals surface area contributed by atoms with Crippen molar-refractivity contribution in [2.45, 2.75) is 24.4 Å². The maximum Gasteiger partial charge on any atom is 0.160 e. The summed E-state index contributed by atoms with van der Waals surface area (Å²) in [7, 11) is 0. The van der Waals surface area contributed by atoms with E-state index in [4.69, 9.17) is 28.2 Å². The van der Waals surface area contributed by atoms with Crippen molar-refractivity contribution >= 4 is 28.9 Å². The lowest BCUT2D eigenvalue weighted by atomic mass is 9.79. The molecule has 2 aliphatic rings. The lowest BCUT2D eigenvalue weighted by Crippen LogP contribution is -2.53. The largest absolute Gasteiger partial charge is 0.310 e. The highest BCUT2D eigenvalue weighted by molar-refractivity contribution is 6.34. The molecule has 0 aliphatic carbocycles. The van der Waals surface area contributed by atoms with Gasteiger partial charge in [0.15, 0.2) is 5.67 Å². The molecule has 0 bridgehead atoms. The number of nitrogens with one attached hydrogen (secondary N) is 1. The Bertz CT molecular complexity index is 823. The minimum absolute atomic E-state index is 0.123. The first-order chi connectivity index (χ1) is 11.9.